The third-order valence-corrected chi connectivity index (χ3v) is 5.02. The van der Waals surface area contributed by atoms with Crippen molar-refractivity contribution in [2.75, 3.05) is 11.6 Å². The molecule has 0 unspecified atom stereocenters. The molecule has 0 saturated heterocycles. The third kappa shape index (κ3) is 5.55. The maximum atomic E-state index is 13.9. The zero-order valence-corrected chi connectivity index (χ0v) is 17.6. The summed E-state index contributed by atoms with van der Waals surface area (Å²) in [6.45, 7) is 0.275. The fraction of sp³-hybridized carbons (Fsp3) is 0.130. The van der Waals surface area contributed by atoms with E-state index in [9.17, 15) is 4.39 Å². The first-order chi connectivity index (χ1) is 15.2. The van der Waals surface area contributed by atoms with Crippen LogP contribution in [0.2, 0.25) is 0 Å². The van der Waals surface area contributed by atoms with Crippen molar-refractivity contribution in [3.8, 4) is 17.1 Å². The molecule has 0 atom stereocenters. The first-order valence-corrected chi connectivity index (χ1v) is 11.0. The van der Waals surface area contributed by atoms with E-state index in [0.29, 0.717) is 23.1 Å². The highest BCUT2D eigenvalue weighted by Crippen LogP contribution is 2.29. The summed E-state index contributed by atoms with van der Waals surface area (Å²) >= 11 is 1.76. The van der Waals surface area contributed by atoms with Crippen LogP contribution in [0.25, 0.3) is 11.4 Å². The highest BCUT2D eigenvalue weighted by molar-refractivity contribution is 7.97. The Labute approximate surface area is 184 Å². The number of aromatic nitrogens is 4. The number of anilines is 2. The van der Waals surface area contributed by atoms with Gasteiger partial charge in [-0.2, -0.15) is 16.7 Å². The molecule has 31 heavy (non-hydrogen) atoms. The summed E-state index contributed by atoms with van der Waals surface area (Å²) in [5.41, 5.74) is 3.60. The molecule has 0 bridgehead atoms. The standard InChI is InChI=1S/C23H20FN5OS/c1-31-14-17-3-2-4-19(11-17)28-23-27-15-26-22(29-23)20-6-5-18(24)12-21(20)30-13-16-7-9-25-10-8-16/h2-12,15H,13-14H2,1H3,(H,26,27,28,29). The van der Waals surface area contributed by atoms with Crippen LogP contribution in [0.4, 0.5) is 16.0 Å². The van der Waals surface area contributed by atoms with Crippen LogP contribution in [0.5, 0.6) is 5.75 Å². The summed E-state index contributed by atoms with van der Waals surface area (Å²) < 4.78 is 19.8. The number of hydrogen-bond donors (Lipinski definition) is 1. The number of benzene rings is 2. The number of rotatable bonds is 8. The van der Waals surface area contributed by atoms with Crippen molar-refractivity contribution in [3.05, 3.63) is 90.3 Å². The molecule has 4 rings (SSSR count). The monoisotopic (exact) mass is 433 g/mol. The van der Waals surface area contributed by atoms with E-state index >= 15 is 0 Å². The molecule has 4 aromatic rings. The lowest BCUT2D eigenvalue weighted by molar-refractivity contribution is 0.305. The van der Waals surface area contributed by atoms with Crippen LogP contribution in [0.15, 0.2) is 73.3 Å². The van der Waals surface area contributed by atoms with Gasteiger partial charge in [-0.3, -0.25) is 4.98 Å². The molecule has 0 saturated carbocycles. The quantitative estimate of drug-likeness (QED) is 0.406. The minimum Gasteiger partial charge on any atom is -0.488 e. The highest BCUT2D eigenvalue weighted by atomic mass is 32.2. The van der Waals surface area contributed by atoms with E-state index in [2.05, 4.69) is 43.6 Å². The maximum Gasteiger partial charge on any atom is 0.230 e. The molecule has 0 fully saturated rings. The molecule has 0 amide bonds. The number of ether oxygens (including phenoxy) is 1. The van der Waals surface area contributed by atoms with Crippen LogP contribution in [0, 0.1) is 5.82 Å². The molecule has 8 heteroatoms. The largest absolute Gasteiger partial charge is 0.488 e. The lowest BCUT2D eigenvalue weighted by Crippen LogP contribution is -2.02. The molecule has 2 aromatic heterocycles. The normalized spacial score (nSPS) is 10.6. The SMILES string of the molecule is CSCc1cccc(Nc2ncnc(-c3ccc(F)cc3OCc3ccncc3)n2)c1. The van der Waals surface area contributed by atoms with E-state index in [1.807, 2.05) is 24.3 Å². The lowest BCUT2D eigenvalue weighted by atomic mass is 10.2. The van der Waals surface area contributed by atoms with Gasteiger partial charge in [-0.1, -0.05) is 12.1 Å². The molecule has 2 heterocycles. The first kappa shape index (κ1) is 20.7. The number of halogens is 1. The highest BCUT2D eigenvalue weighted by Gasteiger charge is 2.13. The Morgan fingerprint density at radius 1 is 1.00 bits per heavy atom. The van der Waals surface area contributed by atoms with Gasteiger partial charge in [-0.05, 0) is 53.8 Å². The van der Waals surface area contributed by atoms with Gasteiger partial charge in [0.2, 0.25) is 5.95 Å². The Bertz CT molecular complexity index is 1160. The van der Waals surface area contributed by atoms with Crippen molar-refractivity contribution >= 4 is 23.4 Å². The molecule has 0 spiro atoms. The Hall–Kier alpha value is -3.52. The van der Waals surface area contributed by atoms with E-state index < -0.39 is 5.82 Å². The van der Waals surface area contributed by atoms with Gasteiger partial charge in [0.05, 0.1) is 5.56 Å². The molecule has 0 aliphatic carbocycles. The van der Waals surface area contributed by atoms with Crippen molar-refractivity contribution in [2.45, 2.75) is 12.4 Å². The number of hydrogen-bond acceptors (Lipinski definition) is 7. The smallest absolute Gasteiger partial charge is 0.230 e. The number of pyridine rings is 1. The van der Waals surface area contributed by atoms with Gasteiger partial charge in [0, 0.05) is 29.9 Å². The van der Waals surface area contributed by atoms with Crippen LogP contribution in [-0.4, -0.2) is 26.2 Å². The maximum absolute atomic E-state index is 13.9. The molecule has 1 N–H and O–H groups in total. The molecule has 0 aliphatic rings. The van der Waals surface area contributed by atoms with Gasteiger partial charge in [0.15, 0.2) is 5.82 Å². The van der Waals surface area contributed by atoms with Crippen molar-refractivity contribution in [1.82, 2.24) is 19.9 Å². The number of nitrogens with one attached hydrogen (secondary N) is 1. The van der Waals surface area contributed by atoms with Gasteiger partial charge in [0.25, 0.3) is 0 Å². The minimum absolute atomic E-state index is 0.275. The van der Waals surface area contributed by atoms with Crippen molar-refractivity contribution in [2.24, 2.45) is 0 Å². The van der Waals surface area contributed by atoms with Gasteiger partial charge in [-0.15, -0.1) is 0 Å². The van der Waals surface area contributed by atoms with E-state index in [0.717, 1.165) is 17.0 Å². The van der Waals surface area contributed by atoms with Crippen LogP contribution < -0.4 is 10.1 Å². The number of thioether (sulfide) groups is 1. The molecular formula is C23H20FN5OS. The zero-order chi connectivity index (χ0) is 21.5. The van der Waals surface area contributed by atoms with Crippen LogP contribution >= 0.6 is 11.8 Å². The molecule has 2 aromatic carbocycles. The zero-order valence-electron chi connectivity index (χ0n) is 16.8. The summed E-state index contributed by atoms with van der Waals surface area (Å²) in [6, 6.07) is 16.1. The number of nitrogens with zero attached hydrogens (tertiary/aromatic N) is 4. The minimum atomic E-state index is -0.397. The van der Waals surface area contributed by atoms with Gasteiger partial charge >= 0.3 is 0 Å². The second-order valence-electron chi connectivity index (χ2n) is 6.68. The summed E-state index contributed by atoms with van der Waals surface area (Å²) in [5.74, 6) is 1.67. The molecule has 156 valence electrons. The summed E-state index contributed by atoms with van der Waals surface area (Å²) in [7, 11) is 0. The summed E-state index contributed by atoms with van der Waals surface area (Å²) in [6.07, 6.45) is 6.86. The first-order valence-electron chi connectivity index (χ1n) is 9.57. The average Bonchev–Trinajstić information content (AvgIpc) is 2.79. The van der Waals surface area contributed by atoms with Crippen LogP contribution in [-0.2, 0) is 12.4 Å². The topological polar surface area (TPSA) is 72.8 Å². The second-order valence-corrected chi connectivity index (χ2v) is 7.54. The molecular weight excluding hydrogens is 413 g/mol. The van der Waals surface area contributed by atoms with Crippen molar-refractivity contribution in [1.29, 1.82) is 0 Å². The van der Waals surface area contributed by atoms with E-state index in [1.165, 1.54) is 24.0 Å². The molecule has 6 nitrogen and oxygen atoms in total. The predicted octanol–water partition coefficient (Wildman–Crippen LogP) is 5.26. The summed E-state index contributed by atoms with van der Waals surface area (Å²) in [4.78, 5) is 17.0. The van der Waals surface area contributed by atoms with Crippen molar-refractivity contribution in [3.63, 3.8) is 0 Å². The van der Waals surface area contributed by atoms with Crippen molar-refractivity contribution < 1.29 is 9.13 Å². The van der Waals surface area contributed by atoms with E-state index in [1.54, 1.807) is 30.2 Å². The van der Waals surface area contributed by atoms with Gasteiger partial charge < -0.3 is 10.1 Å². The Morgan fingerprint density at radius 2 is 1.87 bits per heavy atom. The second kappa shape index (κ2) is 9.99. The fourth-order valence-electron chi connectivity index (χ4n) is 2.96. The lowest BCUT2D eigenvalue weighted by Gasteiger charge is -2.12. The van der Waals surface area contributed by atoms with Crippen LogP contribution in [0.3, 0.4) is 0 Å². The van der Waals surface area contributed by atoms with Gasteiger partial charge in [-0.25, -0.2) is 14.4 Å². The summed E-state index contributed by atoms with van der Waals surface area (Å²) in [5, 5.41) is 3.21. The Morgan fingerprint density at radius 3 is 2.71 bits per heavy atom. The average molecular weight is 434 g/mol. The molecule has 0 radical (unpaired) electrons. The third-order valence-electron chi connectivity index (χ3n) is 4.39. The van der Waals surface area contributed by atoms with Gasteiger partial charge in [0.1, 0.15) is 24.5 Å². The Kier molecular flexibility index (Phi) is 6.68. The van der Waals surface area contributed by atoms with E-state index in [-0.39, 0.29) is 6.61 Å². The van der Waals surface area contributed by atoms with E-state index in [4.69, 9.17) is 4.74 Å². The fourth-order valence-corrected chi connectivity index (χ4v) is 3.47. The molecule has 0 aliphatic heterocycles. The van der Waals surface area contributed by atoms with Crippen LogP contribution in [0.1, 0.15) is 11.1 Å². The Balaban J connectivity index is 1.58. The predicted molar refractivity (Wildman–Crippen MR) is 121 cm³/mol.